The first-order valence-corrected chi connectivity index (χ1v) is 9.14. The molecule has 1 saturated heterocycles. The Hall–Kier alpha value is -2.86. The molecule has 0 unspecified atom stereocenters. The molecule has 0 bridgehead atoms. The van der Waals surface area contributed by atoms with Crippen LogP contribution >= 0.6 is 0 Å². The van der Waals surface area contributed by atoms with Crippen molar-refractivity contribution in [1.82, 2.24) is 9.80 Å². The number of amides is 2. The maximum atomic E-state index is 12.3. The Morgan fingerprint density at radius 3 is 2.44 bits per heavy atom. The Balaban J connectivity index is 1.39. The van der Waals surface area contributed by atoms with Gasteiger partial charge in [-0.2, -0.15) is 0 Å². The number of nitrogens with one attached hydrogen (secondary N) is 1. The van der Waals surface area contributed by atoms with Gasteiger partial charge in [0.15, 0.2) is 6.61 Å². The Morgan fingerprint density at radius 2 is 1.74 bits per heavy atom. The molecule has 6 nitrogen and oxygen atoms in total. The van der Waals surface area contributed by atoms with Gasteiger partial charge in [0.25, 0.3) is 5.91 Å². The van der Waals surface area contributed by atoms with Gasteiger partial charge in [-0.25, -0.2) is 0 Å². The largest absolute Gasteiger partial charge is 0.484 e. The molecule has 27 heavy (non-hydrogen) atoms. The minimum absolute atomic E-state index is 0.0232. The molecule has 2 amide bonds. The lowest BCUT2D eigenvalue weighted by molar-refractivity contribution is -0.135. The van der Waals surface area contributed by atoms with Crippen molar-refractivity contribution in [2.24, 2.45) is 0 Å². The molecule has 0 radical (unpaired) electrons. The molecular formula is C21H25N3O3. The minimum Gasteiger partial charge on any atom is -0.484 e. The molecule has 0 spiro atoms. The number of carbonyl (C=O) groups is 2. The monoisotopic (exact) mass is 367 g/mol. The number of hydrogen-bond acceptors (Lipinski definition) is 4. The average molecular weight is 367 g/mol. The van der Waals surface area contributed by atoms with E-state index in [1.54, 1.807) is 4.90 Å². The Labute approximate surface area is 159 Å². The number of hydrogen-bond donors (Lipinski definition) is 1. The second kappa shape index (κ2) is 9.19. The summed E-state index contributed by atoms with van der Waals surface area (Å²) in [5.74, 6) is 0.646. The van der Waals surface area contributed by atoms with Crippen molar-refractivity contribution < 1.29 is 14.3 Å². The van der Waals surface area contributed by atoms with Crippen molar-refractivity contribution in [3.8, 4) is 5.75 Å². The zero-order valence-electron chi connectivity index (χ0n) is 15.6. The Morgan fingerprint density at radius 1 is 1.00 bits per heavy atom. The summed E-state index contributed by atoms with van der Waals surface area (Å²) in [4.78, 5) is 28.3. The summed E-state index contributed by atoms with van der Waals surface area (Å²) in [5.41, 5.74) is 1.90. The third-order valence-corrected chi connectivity index (χ3v) is 4.50. The van der Waals surface area contributed by atoms with Crippen LogP contribution in [0.25, 0.3) is 0 Å². The summed E-state index contributed by atoms with van der Waals surface area (Å²) >= 11 is 0. The highest BCUT2D eigenvalue weighted by Crippen LogP contribution is 2.13. The van der Waals surface area contributed by atoms with Crippen LogP contribution in [0, 0.1) is 6.92 Å². The van der Waals surface area contributed by atoms with E-state index in [9.17, 15) is 9.59 Å². The van der Waals surface area contributed by atoms with E-state index in [4.69, 9.17) is 4.74 Å². The molecule has 1 aliphatic heterocycles. The van der Waals surface area contributed by atoms with Crippen LogP contribution in [0.15, 0.2) is 54.6 Å². The second-order valence-corrected chi connectivity index (χ2v) is 6.68. The Kier molecular flexibility index (Phi) is 6.44. The normalized spacial score (nSPS) is 14.6. The summed E-state index contributed by atoms with van der Waals surface area (Å²) in [6.07, 6.45) is 0. The summed E-state index contributed by atoms with van der Waals surface area (Å²) in [6, 6.07) is 17.1. The van der Waals surface area contributed by atoms with Crippen LogP contribution < -0.4 is 10.1 Å². The summed E-state index contributed by atoms with van der Waals surface area (Å²) in [7, 11) is 0. The van der Waals surface area contributed by atoms with E-state index >= 15 is 0 Å². The van der Waals surface area contributed by atoms with E-state index in [0.717, 1.165) is 11.3 Å². The number of carbonyl (C=O) groups excluding carboxylic acids is 2. The number of aryl methyl sites for hydroxylation is 1. The SMILES string of the molecule is Cc1cccc(OCC(=O)N2CCN(CC(=O)Nc3ccccc3)CC2)c1. The fourth-order valence-electron chi connectivity index (χ4n) is 3.02. The number of benzene rings is 2. The van der Waals surface area contributed by atoms with Gasteiger partial charge in [-0.3, -0.25) is 14.5 Å². The fraction of sp³-hybridized carbons (Fsp3) is 0.333. The third-order valence-electron chi connectivity index (χ3n) is 4.50. The molecule has 0 aliphatic carbocycles. The lowest BCUT2D eigenvalue weighted by atomic mass is 10.2. The van der Waals surface area contributed by atoms with Crippen LogP contribution in [0.3, 0.4) is 0 Å². The molecule has 1 heterocycles. The van der Waals surface area contributed by atoms with E-state index in [2.05, 4.69) is 10.2 Å². The quantitative estimate of drug-likeness (QED) is 0.850. The molecule has 0 atom stereocenters. The molecule has 142 valence electrons. The van der Waals surface area contributed by atoms with Gasteiger partial charge in [0.05, 0.1) is 6.54 Å². The standard InChI is InChI=1S/C21H25N3O3/c1-17-6-5-9-19(14-17)27-16-21(26)24-12-10-23(11-13-24)15-20(25)22-18-7-3-2-4-8-18/h2-9,14H,10-13,15-16H2,1H3,(H,22,25). The highest BCUT2D eigenvalue weighted by atomic mass is 16.5. The summed E-state index contributed by atoms with van der Waals surface area (Å²) < 4.78 is 5.59. The summed E-state index contributed by atoms with van der Waals surface area (Å²) in [6.45, 7) is 4.93. The number of piperazine rings is 1. The van der Waals surface area contributed by atoms with Crippen molar-refractivity contribution in [2.75, 3.05) is 44.6 Å². The number of rotatable bonds is 6. The van der Waals surface area contributed by atoms with E-state index in [1.165, 1.54) is 0 Å². The highest BCUT2D eigenvalue weighted by Gasteiger charge is 2.22. The number of nitrogens with zero attached hydrogens (tertiary/aromatic N) is 2. The molecule has 6 heteroatoms. The molecular weight excluding hydrogens is 342 g/mol. The maximum absolute atomic E-state index is 12.3. The smallest absolute Gasteiger partial charge is 0.260 e. The van der Waals surface area contributed by atoms with Gasteiger partial charge >= 0.3 is 0 Å². The lowest BCUT2D eigenvalue weighted by Gasteiger charge is -2.34. The van der Waals surface area contributed by atoms with Gasteiger partial charge in [-0.1, -0.05) is 30.3 Å². The molecule has 0 saturated carbocycles. The minimum atomic E-state index is -0.0382. The zero-order valence-corrected chi connectivity index (χ0v) is 15.6. The maximum Gasteiger partial charge on any atom is 0.260 e. The molecule has 2 aromatic carbocycles. The van der Waals surface area contributed by atoms with Gasteiger partial charge in [0.2, 0.25) is 5.91 Å². The second-order valence-electron chi connectivity index (χ2n) is 6.68. The van der Waals surface area contributed by atoms with Crippen LogP contribution in [0.4, 0.5) is 5.69 Å². The van der Waals surface area contributed by atoms with Gasteiger partial charge in [-0.15, -0.1) is 0 Å². The van der Waals surface area contributed by atoms with Crippen LogP contribution in [-0.4, -0.2) is 60.9 Å². The number of ether oxygens (including phenoxy) is 1. The first-order valence-electron chi connectivity index (χ1n) is 9.14. The zero-order chi connectivity index (χ0) is 19.1. The van der Waals surface area contributed by atoms with Crippen LogP contribution in [-0.2, 0) is 9.59 Å². The molecule has 2 aromatic rings. The van der Waals surface area contributed by atoms with Crippen molar-refractivity contribution in [1.29, 1.82) is 0 Å². The van der Waals surface area contributed by atoms with Gasteiger partial charge in [-0.05, 0) is 36.8 Å². The fourth-order valence-corrected chi connectivity index (χ4v) is 3.02. The van der Waals surface area contributed by atoms with Crippen LogP contribution in [0.2, 0.25) is 0 Å². The summed E-state index contributed by atoms with van der Waals surface area (Å²) in [5, 5.41) is 2.89. The molecule has 3 rings (SSSR count). The first-order chi connectivity index (χ1) is 13.1. The first kappa shape index (κ1) is 18.9. The molecule has 1 N–H and O–H groups in total. The topological polar surface area (TPSA) is 61.9 Å². The van der Waals surface area contributed by atoms with Gasteiger partial charge in [0, 0.05) is 31.9 Å². The van der Waals surface area contributed by atoms with Crippen molar-refractivity contribution in [3.63, 3.8) is 0 Å². The Bertz CT molecular complexity index is 771. The van der Waals surface area contributed by atoms with E-state index in [0.29, 0.717) is 38.5 Å². The van der Waals surface area contributed by atoms with Crippen molar-refractivity contribution in [3.05, 3.63) is 60.2 Å². The van der Waals surface area contributed by atoms with Crippen molar-refractivity contribution >= 4 is 17.5 Å². The van der Waals surface area contributed by atoms with Gasteiger partial charge < -0.3 is 15.0 Å². The van der Waals surface area contributed by atoms with E-state index in [-0.39, 0.29) is 18.4 Å². The van der Waals surface area contributed by atoms with E-state index < -0.39 is 0 Å². The predicted molar refractivity (Wildman–Crippen MR) is 105 cm³/mol. The number of para-hydroxylation sites is 1. The van der Waals surface area contributed by atoms with Crippen molar-refractivity contribution in [2.45, 2.75) is 6.92 Å². The van der Waals surface area contributed by atoms with E-state index in [1.807, 2.05) is 61.5 Å². The molecule has 1 fully saturated rings. The average Bonchev–Trinajstić information content (AvgIpc) is 2.67. The van der Waals surface area contributed by atoms with Crippen LogP contribution in [0.5, 0.6) is 5.75 Å². The van der Waals surface area contributed by atoms with Gasteiger partial charge in [0.1, 0.15) is 5.75 Å². The van der Waals surface area contributed by atoms with Crippen LogP contribution in [0.1, 0.15) is 5.56 Å². The lowest BCUT2D eigenvalue weighted by Crippen LogP contribution is -2.51. The predicted octanol–water partition coefficient (Wildman–Crippen LogP) is 2.16. The molecule has 1 aliphatic rings. The number of anilines is 1. The molecule has 0 aromatic heterocycles. The third kappa shape index (κ3) is 5.82. The highest BCUT2D eigenvalue weighted by molar-refractivity contribution is 5.92.